The van der Waals surface area contributed by atoms with Crippen molar-refractivity contribution in [3.63, 3.8) is 0 Å². The van der Waals surface area contributed by atoms with E-state index in [0.29, 0.717) is 36.2 Å². The van der Waals surface area contributed by atoms with E-state index >= 15 is 0 Å². The molecular formula is C20H27N3O3S. The Labute approximate surface area is 164 Å². The van der Waals surface area contributed by atoms with E-state index in [0.717, 1.165) is 24.8 Å². The van der Waals surface area contributed by atoms with Crippen LogP contribution in [-0.4, -0.2) is 45.7 Å². The summed E-state index contributed by atoms with van der Waals surface area (Å²) in [5.74, 6) is 0.192. The van der Waals surface area contributed by atoms with Gasteiger partial charge in [-0.2, -0.15) is 0 Å². The van der Waals surface area contributed by atoms with E-state index in [9.17, 15) is 9.59 Å². The largest absolute Gasteiger partial charge is 0.372 e. The van der Waals surface area contributed by atoms with Gasteiger partial charge in [0.1, 0.15) is 0 Å². The maximum atomic E-state index is 12.6. The molecule has 27 heavy (non-hydrogen) atoms. The van der Waals surface area contributed by atoms with Crippen LogP contribution in [0, 0.1) is 4.77 Å². The molecule has 2 heterocycles. The second-order valence-electron chi connectivity index (χ2n) is 7.30. The van der Waals surface area contributed by atoms with Gasteiger partial charge in [0.25, 0.3) is 5.56 Å². The number of benzene rings is 1. The number of morpholine rings is 1. The number of nitrogens with one attached hydrogen (secondary N) is 1. The number of fused-ring (bicyclic) bond motifs is 1. The van der Waals surface area contributed by atoms with Crippen LogP contribution in [0.3, 0.4) is 0 Å². The highest BCUT2D eigenvalue weighted by atomic mass is 32.1. The van der Waals surface area contributed by atoms with Crippen molar-refractivity contribution in [3.8, 4) is 0 Å². The molecule has 6 nitrogen and oxygen atoms in total. The molecule has 146 valence electrons. The third kappa shape index (κ3) is 4.84. The molecule has 0 unspecified atom stereocenters. The first-order valence-corrected chi connectivity index (χ1v) is 10.0. The van der Waals surface area contributed by atoms with Gasteiger partial charge in [0.05, 0.1) is 23.1 Å². The van der Waals surface area contributed by atoms with Crippen molar-refractivity contribution in [1.82, 2.24) is 14.5 Å². The number of aromatic amines is 1. The molecule has 1 saturated heterocycles. The first-order valence-electron chi connectivity index (χ1n) is 9.61. The van der Waals surface area contributed by atoms with Crippen molar-refractivity contribution in [1.29, 1.82) is 0 Å². The number of rotatable bonds is 6. The van der Waals surface area contributed by atoms with Gasteiger partial charge < -0.3 is 14.6 Å². The molecule has 0 spiro atoms. The van der Waals surface area contributed by atoms with E-state index < -0.39 is 0 Å². The molecule has 2 aromatic rings. The van der Waals surface area contributed by atoms with E-state index in [1.54, 1.807) is 4.57 Å². The van der Waals surface area contributed by atoms with Gasteiger partial charge >= 0.3 is 0 Å². The summed E-state index contributed by atoms with van der Waals surface area (Å²) in [4.78, 5) is 30.0. The van der Waals surface area contributed by atoms with Crippen molar-refractivity contribution in [2.45, 2.75) is 58.3 Å². The lowest BCUT2D eigenvalue weighted by atomic mass is 10.1. The summed E-state index contributed by atoms with van der Waals surface area (Å²) in [5.41, 5.74) is 0.713. The van der Waals surface area contributed by atoms with Gasteiger partial charge in [-0.3, -0.25) is 14.2 Å². The highest BCUT2D eigenvalue weighted by molar-refractivity contribution is 7.71. The molecule has 3 rings (SSSR count). The van der Waals surface area contributed by atoms with E-state index in [2.05, 4.69) is 4.98 Å². The minimum absolute atomic E-state index is 0.0540. The number of carbonyl (C=O) groups excluding carboxylic acids is 1. The van der Waals surface area contributed by atoms with Crippen molar-refractivity contribution in [2.24, 2.45) is 0 Å². The number of hydrogen-bond donors (Lipinski definition) is 1. The van der Waals surface area contributed by atoms with Gasteiger partial charge in [0.2, 0.25) is 5.91 Å². The topological polar surface area (TPSA) is 67.3 Å². The molecule has 0 aliphatic carbocycles. The summed E-state index contributed by atoms with van der Waals surface area (Å²) >= 11 is 5.33. The molecular weight excluding hydrogens is 362 g/mol. The molecule has 1 amide bonds. The van der Waals surface area contributed by atoms with E-state index in [-0.39, 0.29) is 23.7 Å². The fraction of sp³-hybridized carbons (Fsp3) is 0.550. The third-order valence-corrected chi connectivity index (χ3v) is 5.26. The first-order chi connectivity index (χ1) is 13.0. The van der Waals surface area contributed by atoms with E-state index in [4.69, 9.17) is 17.0 Å². The lowest BCUT2D eigenvalue weighted by Gasteiger charge is -2.35. The summed E-state index contributed by atoms with van der Waals surface area (Å²) in [5, 5.41) is 0.650. The summed E-state index contributed by atoms with van der Waals surface area (Å²) in [6.07, 6.45) is 3.25. The number of hydrogen-bond acceptors (Lipinski definition) is 4. The average molecular weight is 390 g/mol. The van der Waals surface area contributed by atoms with Crippen molar-refractivity contribution < 1.29 is 9.53 Å². The first kappa shape index (κ1) is 19.8. The second kappa shape index (κ2) is 8.80. The smallest absolute Gasteiger partial charge is 0.262 e. The Balaban J connectivity index is 1.49. The van der Waals surface area contributed by atoms with Crippen LogP contribution < -0.4 is 5.56 Å². The number of para-hydroxylation sites is 1. The lowest BCUT2D eigenvalue weighted by molar-refractivity contribution is -0.143. The predicted octanol–water partition coefficient (Wildman–Crippen LogP) is 3.26. The summed E-state index contributed by atoms with van der Waals surface area (Å²) in [6, 6.07) is 7.40. The zero-order valence-corrected chi connectivity index (χ0v) is 16.8. The zero-order chi connectivity index (χ0) is 19.4. The maximum absolute atomic E-state index is 12.6. The molecule has 1 aliphatic rings. The normalized spacial score (nSPS) is 20.1. The summed E-state index contributed by atoms with van der Waals surface area (Å²) in [6.45, 7) is 5.91. The minimum Gasteiger partial charge on any atom is -0.372 e. The van der Waals surface area contributed by atoms with Gasteiger partial charge in [-0.05, 0) is 51.0 Å². The van der Waals surface area contributed by atoms with Gasteiger partial charge in [0.15, 0.2) is 4.77 Å². The molecule has 7 heteroatoms. The fourth-order valence-electron chi connectivity index (χ4n) is 3.66. The number of nitrogens with zero attached hydrogens (tertiary/aromatic N) is 2. The van der Waals surface area contributed by atoms with Crippen LogP contribution in [0.1, 0.15) is 39.5 Å². The Morgan fingerprint density at radius 2 is 1.89 bits per heavy atom. The molecule has 0 bridgehead atoms. The summed E-state index contributed by atoms with van der Waals surface area (Å²) < 4.78 is 7.74. The maximum Gasteiger partial charge on any atom is 0.262 e. The average Bonchev–Trinajstić information content (AvgIpc) is 2.62. The van der Waals surface area contributed by atoms with Gasteiger partial charge in [-0.15, -0.1) is 0 Å². The quantitative estimate of drug-likeness (QED) is 0.608. The SMILES string of the molecule is C[C@@H]1CN(C(=O)CCCCCn2c(=S)[nH]c3ccccc3c2=O)C[C@@H](C)O1. The lowest BCUT2D eigenvalue weighted by Crippen LogP contribution is -2.48. The predicted molar refractivity (Wildman–Crippen MR) is 108 cm³/mol. The monoisotopic (exact) mass is 389 g/mol. The number of unbranched alkanes of at least 4 members (excludes halogenated alkanes) is 2. The molecule has 1 N–H and O–H groups in total. The molecule has 1 aromatic carbocycles. The van der Waals surface area contributed by atoms with Crippen LogP contribution in [0.2, 0.25) is 0 Å². The Hall–Kier alpha value is -1.99. The van der Waals surface area contributed by atoms with Crippen LogP contribution in [-0.2, 0) is 16.1 Å². The Bertz CT molecular complexity index is 911. The van der Waals surface area contributed by atoms with Crippen LogP contribution >= 0.6 is 12.2 Å². The molecule has 1 aromatic heterocycles. The van der Waals surface area contributed by atoms with Gasteiger partial charge in [-0.1, -0.05) is 18.6 Å². The Morgan fingerprint density at radius 1 is 1.19 bits per heavy atom. The molecule has 0 saturated carbocycles. The fourth-order valence-corrected chi connectivity index (χ4v) is 3.95. The van der Waals surface area contributed by atoms with Crippen molar-refractivity contribution in [2.75, 3.05) is 13.1 Å². The number of amides is 1. The van der Waals surface area contributed by atoms with Crippen LogP contribution in [0.15, 0.2) is 29.1 Å². The number of ether oxygens (including phenoxy) is 1. The number of aromatic nitrogens is 2. The highest BCUT2D eigenvalue weighted by Crippen LogP contribution is 2.13. The Kier molecular flexibility index (Phi) is 6.44. The molecule has 1 aliphatic heterocycles. The van der Waals surface area contributed by atoms with Crippen molar-refractivity contribution >= 4 is 29.0 Å². The third-order valence-electron chi connectivity index (χ3n) is 4.93. The molecule has 1 fully saturated rings. The molecule has 0 radical (unpaired) electrons. The Morgan fingerprint density at radius 3 is 2.63 bits per heavy atom. The minimum atomic E-state index is -0.0540. The van der Waals surface area contributed by atoms with Gasteiger partial charge in [0, 0.05) is 26.1 Å². The van der Waals surface area contributed by atoms with E-state index in [1.807, 2.05) is 43.0 Å². The van der Waals surface area contributed by atoms with E-state index in [1.165, 1.54) is 0 Å². The van der Waals surface area contributed by atoms with Crippen LogP contribution in [0.4, 0.5) is 0 Å². The number of H-pyrrole nitrogens is 1. The van der Waals surface area contributed by atoms with Crippen molar-refractivity contribution in [3.05, 3.63) is 39.4 Å². The van der Waals surface area contributed by atoms with Crippen LogP contribution in [0.25, 0.3) is 10.9 Å². The van der Waals surface area contributed by atoms with Gasteiger partial charge in [-0.25, -0.2) is 0 Å². The molecule has 2 atom stereocenters. The number of carbonyl (C=O) groups is 1. The summed E-state index contributed by atoms with van der Waals surface area (Å²) in [7, 11) is 0. The second-order valence-corrected chi connectivity index (χ2v) is 7.69. The van der Waals surface area contributed by atoms with Crippen LogP contribution in [0.5, 0.6) is 0 Å². The standard InChI is InChI=1S/C20H27N3O3S/c1-14-12-22(13-15(2)26-14)18(24)10-4-3-7-11-23-19(25)16-8-5-6-9-17(16)21-20(23)27/h5-6,8-9,14-15H,3-4,7,10-13H2,1-2H3,(H,21,27)/t14-,15-/m1/s1. The highest BCUT2D eigenvalue weighted by Gasteiger charge is 2.25. The zero-order valence-electron chi connectivity index (χ0n) is 15.9.